The summed E-state index contributed by atoms with van der Waals surface area (Å²) < 4.78 is 9.48. The molecule has 26 heavy (non-hydrogen) atoms. The number of amides is 2. The van der Waals surface area contributed by atoms with Crippen molar-refractivity contribution in [3.8, 4) is 0 Å². The first kappa shape index (κ1) is 18.0. The molecule has 0 unspecified atom stereocenters. The average molecular weight is 364 g/mol. The molecule has 2 amide bonds. The Hall–Kier alpha value is -4.36. The van der Waals surface area contributed by atoms with Gasteiger partial charge in [0.15, 0.2) is 11.5 Å². The maximum atomic E-state index is 11.4. The second-order valence-corrected chi connectivity index (χ2v) is 4.26. The highest BCUT2D eigenvalue weighted by Crippen LogP contribution is 2.14. The topological polar surface area (TPSA) is 195 Å². The maximum absolute atomic E-state index is 11.4. The number of nitro groups is 2. The number of rotatable bonds is 6. The summed E-state index contributed by atoms with van der Waals surface area (Å²) in [4.78, 5) is 42.2. The fourth-order valence-corrected chi connectivity index (χ4v) is 1.43. The van der Waals surface area contributed by atoms with Crippen LogP contribution in [-0.2, 0) is 9.59 Å². The van der Waals surface area contributed by atoms with Crippen LogP contribution in [0, 0.1) is 20.2 Å². The molecule has 0 atom stereocenters. The van der Waals surface area contributed by atoms with E-state index in [9.17, 15) is 29.8 Å². The first-order valence-electron chi connectivity index (χ1n) is 6.51. The SMILES string of the molecule is O=C(N/N=C/c1ccc([N+](=O)[O-])o1)C(=O)N/N=C/c1ccc([N+](=O)[O-])o1. The molecule has 2 aromatic rings. The van der Waals surface area contributed by atoms with Crippen LogP contribution >= 0.6 is 0 Å². The fourth-order valence-electron chi connectivity index (χ4n) is 1.43. The molecule has 134 valence electrons. The molecule has 2 rings (SSSR count). The minimum absolute atomic E-state index is 0.0187. The van der Waals surface area contributed by atoms with E-state index in [0.29, 0.717) is 0 Å². The third kappa shape index (κ3) is 4.82. The van der Waals surface area contributed by atoms with E-state index in [0.717, 1.165) is 24.6 Å². The number of hydrazone groups is 2. The molecule has 0 spiro atoms. The number of carbonyl (C=O) groups excluding carboxylic acids is 2. The number of nitrogens with zero attached hydrogens (tertiary/aromatic N) is 4. The van der Waals surface area contributed by atoms with Crippen LogP contribution < -0.4 is 10.9 Å². The van der Waals surface area contributed by atoms with Crippen LogP contribution in [0.1, 0.15) is 11.5 Å². The second kappa shape index (κ2) is 7.95. The van der Waals surface area contributed by atoms with E-state index in [2.05, 4.69) is 10.2 Å². The minimum atomic E-state index is -1.19. The van der Waals surface area contributed by atoms with Crippen molar-refractivity contribution in [1.82, 2.24) is 10.9 Å². The molecular formula is C12H8N6O8. The predicted octanol–water partition coefficient (Wildman–Crippen LogP) is 0.289. The zero-order valence-electron chi connectivity index (χ0n) is 12.5. The lowest BCUT2D eigenvalue weighted by atomic mass is 10.5. The summed E-state index contributed by atoms with van der Waals surface area (Å²) in [5.74, 6) is -3.44. The van der Waals surface area contributed by atoms with Crippen LogP contribution in [0.3, 0.4) is 0 Å². The molecule has 14 heteroatoms. The lowest BCUT2D eigenvalue weighted by Crippen LogP contribution is -2.35. The smallest absolute Gasteiger partial charge is 0.400 e. The molecule has 0 saturated heterocycles. The van der Waals surface area contributed by atoms with Gasteiger partial charge in [0.05, 0.1) is 24.6 Å². The van der Waals surface area contributed by atoms with Gasteiger partial charge in [-0.25, -0.2) is 10.9 Å². The number of hydrogen-bond donors (Lipinski definition) is 2. The molecule has 0 aliphatic carbocycles. The van der Waals surface area contributed by atoms with Gasteiger partial charge in [-0.2, -0.15) is 10.2 Å². The van der Waals surface area contributed by atoms with E-state index < -0.39 is 33.4 Å². The van der Waals surface area contributed by atoms with Gasteiger partial charge < -0.3 is 8.83 Å². The van der Waals surface area contributed by atoms with Crippen LogP contribution in [0.2, 0.25) is 0 Å². The number of nitrogens with one attached hydrogen (secondary N) is 2. The van der Waals surface area contributed by atoms with Crippen molar-refractivity contribution in [2.24, 2.45) is 10.2 Å². The quantitative estimate of drug-likeness (QED) is 0.315. The van der Waals surface area contributed by atoms with E-state index in [1.807, 2.05) is 10.9 Å². The zero-order valence-corrected chi connectivity index (χ0v) is 12.5. The first-order valence-corrected chi connectivity index (χ1v) is 6.51. The first-order chi connectivity index (χ1) is 12.4. The van der Waals surface area contributed by atoms with Gasteiger partial charge in [-0.1, -0.05) is 0 Å². The molecule has 0 aliphatic heterocycles. The van der Waals surface area contributed by atoms with Gasteiger partial charge in [0.2, 0.25) is 0 Å². The Morgan fingerprint density at radius 2 is 1.23 bits per heavy atom. The fraction of sp³-hybridized carbons (Fsp3) is 0. The van der Waals surface area contributed by atoms with Gasteiger partial charge in [0.1, 0.15) is 9.85 Å². The molecular weight excluding hydrogens is 356 g/mol. The Bertz CT molecular complexity index is 836. The van der Waals surface area contributed by atoms with Gasteiger partial charge in [-0.3, -0.25) is 29.8 Å². The van der Waals surface area contributed by atoms with Crippen molar-refractivity contribution in [3.63, 3.8) is 0 Å². The van der Waals surface area contributed by atoms with Gasteiger partial charge >= 0.3 is 23.6 Å². The van der Waals surface area contributed by atoms with Gasteiger partial charge in [0, 0.05) is 0 Å². The highest BCUT2D eigenvalue weighted by atomic mass is 16.7. The Morgan fingerprint density at radius 1 is 0.846 bits per heavy atom. The van der Waals surface area contributed by atoms with Crippen LogP contribution in [-0.4, -0.2) is 34.1 Å². The van der Waals surface area contributed by atoms with Crippen LogP contribution in [0.5, 0.6) is 0 Å². The molecule has 0 aromatic carbocycles. The standard InChI is InChI=1S/C12H8N6O8/c19-11(15-13-5-7-1-3-9(25-7)17(21)22)12(20)16-14-6-8-2-4-10(26-8)18(23)24/h1-6H,(H,15,19)(H,16,20)/b13-5+,14-6+. The van der Waals surface area contributed by atoms with Crippen molar-refractivity contribution < 1.29 is 28.3 Å². The number of furan rings is 2. The molecule has 2 heterocycles. The van der Waals surface area contributed by atoms with E-state index >= 15 is 0 Å². The predicted molar refractivity (Wildman–Crippen MR) is 82.2 cm³/mol. The Kier molecular flexibility index (Phi) is 5.50. The molecule has 0 fully saturated rings. The van der Waals surface area contributed by atoms with Crippen molar-refractivity contribution in [3.05, 3.63) is 56.0 Å². The summed E-state index contributed by atoms with van der Waals surface area (Å²) in [6, 6.07) is 4.65. The molecule has 14 nitrogen and oxygen atoms in total. The lowest BCUT2D eigenvalue weighted by molar-refractivity contribution is -0.402. The molecule has 0 bridgehead atoms. The summed E-state index contributed by atoms with van der Waals surface area (Å²) in [6.07, 6.45) is 1.90. The third-order valence-electron chi connectivity index (χ3n) is 2.51. The highest BCUT2D eigenvalue weighted by molar-refractivity contribution is 6.35. The van der Waals surface area contributed by atoms with Gasteiger partial charge in [-0.15, -0.1) is 0 Å². The largest absolute Gasteiger partial charge is 0.433 e. The van der Waals surface area contributed by atoms with Crippen LogP contribution in [0.4, 0.5) is 11.8 Å². The molecule has 0 saturated carbocycles. The van der Waals surface area contributed by atoms with E-state index in [-0.39, 0.29) is 11.5 Å². The average Bonchev–Trinajstić information content (AvgIpc) is 3.24. The molecule has 2 N–H and O–H groups in total. The normalized spacial score (nSPS) is 10.9. The molecule has 2 aromatic heterocycles. The van der Waals surface area contributed by atoms with E-state index in [1.54, 1.807) is 0 Å². The van der Waals surface area contributed by atoms with Crippen molar-refractivity contribution in [2.45, 2.75) is 0 Å². The lowest BCUT2D eigenvalue weighted by Gasteiger charge is -1.96. The monoisotopic (exact) mass is 364 g/mol. The summed E-state index contributed by atoms with van der Waals surface area (Å²) in [5.41, 5.74) is 3.68. The minimum Gasteiger partial charge on any atom is -0.400 e. The Morgan fingerprint density at radius 3 is 1.54 bits per heavy atom. The summed E-state index contributed by atoms with van der Waals surface area (Å²) in [7, 11) is 0. The Balaban J connectivity index is 1.81. The van der Waals surface area contributed by atoms with Gasteiger partial charge in [-0.05, 0) is 12.1 Å². The van der Waals surface area contributed by atoms with Crippen LogP contribution in [0.25, 0.3) is 0 Å². The van der Waals surface area contributed by atoms with Crippen molar-refractivity contribution in [1.29, 1.82) is 0 Å². The second-order valence-electron chi connectivity index (χ2n) is 4.26. The van der Waals surface area contributed by atoms with E-state index in [4.69, 9.17) is 8.83 Å². The third-order valence-corrected chi connectivity index (χ3v) is 2.51. The van der Waals surface area contributed by atoms with Crippen molar-refractivity contribution in [2.75, 3.05) is 0 Å². The maximum Gasteiger partial charge on any atom is 0.433 e. The highest BCUT2D eigenvalue weighted by Gasteiger charge is 2.13. The number of carbonyl (C=O) groups is 2. The summed E-state index contributed by atoms with van der Waals surface area (Å²) in [6.45, 7) is 0. The number of hydrogen-bond acceptors (Lipinski definition) is 10. The summed E-state index contributed by atoms with van der Waals surface area (Å²) in [5, 5.41) is 27.6. The summed E-state index contributed by atoms with van der Waals surface area (Å²) >= 11 is 0. The molecule has 0 aliphatic rings. The zero-order chi connectivity index (χ0) is 19.1. The molecule has 0 radical (unpaired) electrons. The van der Waals surface area contributed by atoms with Crippen molar-refractivity contribution >= 4 is 36.0 Å². The van der Waals surface area contributed by atoms with Crippen LogP contribution in [0.15, 0.2) is 43.3 Å². The Labute approximate surface area is 142 Å². The van der Waals surface area contributed by atoms with E-state index in [1.165, 1.54) is 12.1 Å². The van der Waals surface area contributed by atoms with Gasteiger partial charge in [0.25, 0.3) is 0 Å².